The summed E-state index contributed by atoms with van der Waals surface area (Å²) in [7, 11) is 1.81. The Labute approximate surface area is 169 Å². The van der Waals surface area contributed by atoms with E-state index < -0.39 is 0 Å². The van der Waals surface area contributed by atoms with Gasteiger partial charge in [-0.05, 0) is 25.8 Å². The Bertz CT molecular complexity index is 1030. The van der Waals surface area contributed by atoms with Crippen molar-refractivity contribution in [1.82, 2.24) is 30.2 Å². The topological polar surface area (TPSA) is 98.7 Å². The molecule has 0 atom stereocenters. The lowest BCUT2D eigenvalue weighted by atomic mass is 10.1. The fourth-order valence-corrected chi connectivity index (χ4v) is 3.26. The zero-order valence-electron chi connectivity index (χ0n) is 17.3. The first-order valence-electron chi connectivity index (χ1n) is 10.0. The molecule has 1 aliphatic rings. The first-order chi connectivity index (χ1) is 13.9. The lowest BCUT2D eigenvalue weighted by Gasteiger charge is -2.11. The summed E-state index contributed by atoms with van der Waals surface area (Å²) in [6, 6.07) is 3.77. The van der Waals surface area contributed by atoms with Crippen molar-refractivity contribution >= 4 is 5.91 Å². The monoisotopic (exact) mass is 394 g/mol. The molecule has 29 heavy (non-hydrogen) atoms. The molecule has 1 aliphatic carbocycles. The molecule has 3 aromatic heterocycles. The minimum Gasteiger partial charge on any atom is -0.356 e. The Morgan fingerprint density at radius 1 is 1.34 bits per heavy atom. The maximum atomic E-state index is 12.6. The van der Waals surface area contributed by atoms with Crippen LogP contribution in [-0.2, 0) is 13.5 Å². The van der Waals surface area contributed by atoms with Gasteiger partial charge in [-0.25, -0.2) is 9.97 Å². The highest BCUT2D eigenvalue weighted by molar-refractivity contribution is 5.92. The number of rotatable bonds is 7. The number of amides is 1. The molecule has 0 bridgehead atoms. The molecule has 0 radical (unpaired) electrons. The van der Waals surface area contributed by atoms with Crippen molar-refractivity contribution in [3.8, 4) is 11.3 Å². The molecular weight excluding hydrogens is 368 g/mol. The van der Waals surface area contributed by atoms with Crippen LogP contribution >= 0.6 is 0 Å². The average Bonchev–Trinajstić information content (AvgIpc) is 3.34. The van der Waals surface area contributed by atoms with Gasteiger partial charge in [0.05, 0.1) is 22.6 Å². The van der Waals surface area contributed by atoms with E-state index in [0.717, 1.165) is 41.3 Å². The maximum absolute atomic E-state index is 12.6. The largest absolute Gasteiger partial charge is 0.356 e. The number of nitrogens with one attached hydrogen (secondary N) is 1. The highest BCUT2D eigenvalue weighted by Crippen LogP contribution is 2.39. The quantitative estimate of drug-likeness (QED) is 0.661. The molecule has 1 N–H and O–H groups in total. The summed E-state index contributed by atoms with van der Waals surface area (Å²) in [6.45, 7) is 6.44. The van der Waals surface area contributed by atoms with E-state index in [1.165, 1.54) is 0 Å². The van der Waals surface area contributed by atoms with Crippen LogP contribution in [0.25, 0.3) is 11.3 Å². The Hall–Kier alpha value is -3.03. The van der Waals surface area contributed by atoms with E-state index in [2.05, 4.69) is 34.4 Å². The number of aryl methyl sites for hydroxylation is 2. The van der Waals surface area contributed by atoms with Crippen LogP contribution in [0.15, 0.2) is 22.9 Å². The zero-order valence-corrected chi connectivity index (χ0v) is 17.3. The molecule has 0 saturated heterocycles. The van der Waals surface area contributed by atoms with E-state index in [9.17, 15) is 4.79 Å². The van der Waals surface area contributed by atoms with Crippen LogP contribution in [-0.4, -0.2) is 37.4 Å². The van der Waals surface area contributed by atoms with E-state index in [0.29, 0.717) is 30.3 Å². The highest BCUT2D eigenvalue weighted by Gasteiger charge is 2.28. The molecule has 8 heteroatoms. The van der Waals surface area contributed by atoms with E-state index in [1.54, 1.807) is 10.9 Å². The van der Waals surface area contributed by atoms with Crippen LogP contribution in [0.1, 0.15) is 71.9 Å². The fraction of sp³-hybridized carbons (Fsp3) is 0.476. The summed E-state index contributed by atoms with van der Waals surface area (Å²) in [5.74, 6) is 2.02. The van der Waals surface area contributed by atoms with Crippen molar-refractivity contribution in [2.75, 3.05) is 6.54 Å². The van der Waals surface area contributed by atoms with Gasteiger partial charge < -0.3 is 9.84 Å². The van der Waals surface area contributed by atoms with Crippen molar-refractivity contribution < 1.29 is 9.32 Å². The summed E-state index contributed by atoms with van der Waals surface area (Å²) >= 11 is 0. The second kappa shape index (κ2) is 7.77. The summed E-state index contributed by atoms with van der Waals surface area (Å²) in [5, 5.41) is 11.4. The first kappa shape index (κ1) is 19.3. The van der Waals surface area contributed by atoms with E-state index in [4.69, 9.17) is 9.51 Å². The van der Waals surface area contributed by atoms with Crippen LogP contribution in [0.3, 0.4) is 0 Å². The van der Waals surface area contributed by atoms with Gasteiger partial charge in [-0.2, -0.15) is 5.10 Å². The molecular formula is C21H26N6O2. The molecule has 0 spiro atoms. The molecule has 0 aromatic carbocycles. The predicted molar refractivity (Wildman–Crippen MR) is 108 cm³/mol. The lowest BCUT2D eigenvalue weighted by Crippen LogP contribution is -2.28. The van der Waals surface area contributed by atoms with Gasteiger partial charge in [0.2, 0.25) is 0 Å². The maximum Gasteiger partial charge on any atom is 0.269 e. The first-order valence-corrected chi connectivity index (χ1v) is 10.0. The second-order valence-electron chi connectivity index (χ2n) is 7.93. The molecule has 152 valence electrons. The third kappa shape index (κ3) is 4.21. The molecule has 0 unspecified atom stereocenters. The summed E-state index contributed by atoms with van der Waals surface area (Å²) < 4.78 is 7.07. The van der Waals surface area contributed by atoms with Gasteiger partial charge in [0.25, 0.3) is 5.91 Å². The van der Waals surface area contributed by atoms with Gasteiger partial charge in [-0.15, -0.1) is 0 Å². The predicted octanol–water partition coefficient (Wildman–Crippen LogP) is 3.15. The Morgan fingerprint density at radius 3 is 2.79 bits per heavy atom. The molecule has 1 fully saturated rings. The minimum atomic E-state index is -0.123. The van der Waals surface area contributed by atoms with Gasteiger partial charge >= 0.3 is 0 Å². The minimum absolute atomic E-state index is 0.123. The van der Waals surface area contributed by atoms with Crippen molar-refractivity contribution in [3.05, 3.63) is 46.9 Å². The lowest BCUT2D eigenvalue weighted by molar-refractivity contribution is 0.0944. The SMILES string of the molecule is Cc1cc(-c2cnc(C(C)C)nc2CCNC(=O)c2cc(C3CC3)nn2C)on1. The number of hydrogen-bond donors (Lipinski definition) is 1. The molecule has 0 aliphatic heterocycles. The Balaban J connectivity index is 1.48. The van der Waals surface area contributed by atoms with E-state index >= 15 is 0 Å². The highest BCUT2D eigenvalue weighted by atomic mass is 16.5. The third-order valence-electron chi connectivity index (χ3n) is 5.07. The van der Waals surface area contributed by atoms with Crippen LogP contribution in [0.5, 0.6) is 0 Å². The molecule has 3 aromatic rings. The molecule has 4 rings (SSSR count). The van der Waals surface area contributed by atoms with Gasteiger partial charge in [-0.1, -0.05) is 19.0 Å². The van der Waals surface area contributed by atoms with Crippen LogP contribution in [0.4, 0.5) is 0 Å². The van der Waals surface area contributed by atoms with Crippen molar-refractivity contribution in [1.29, 1.82) is 0 Å². The van der Waals surface area contributed by atoms with Crippen LogP contribution in [0, 0.1) is 6.92 Å². The average molecular weight is 394 g/mol. The van der Waals surface area contributed by atoms with E-state index in [-0.39, 0.29) is 11.8 Å². The Kier molecular flexibility index (Phi) is 5.17. The molecule has 3 heterocycles. The van der Waals surface area contributed by atoms with Crippen LogP contribution in [0.2, 0.25) is 0 Å². The molecule has 8 nitrogen and oxygen atoms in total. The Morgan fingerprint density at radius 2 is 2.14 bits per heavy atom. The third-order valence-corrected chi connectivity index (χ3v) is 5.07. The summed E-state index contributed by atoms with van der Waals surface area (Å²) in [5.41, 5.74) is 4.04. The standard InChI is InChI=1S/C21H26N6O2/c1-12(2)20-23-11-15(19-9-13(3)26-29-19)16(24-20)7-8-22-21(28)18-10-17(14-5-6-14)25-27(18)4/h9-12,14H,5-8H2,1-4H3,(H,22,28). The second-order valence-corrected chi connectivity index (χ2v) is 7.93. The van der Waals surface area contributed by atoms with Crippen molar-refractivity contribution in [3.63, 3.8) is 0 Å². The summed E-state index contributed by atoms with van der Waals surface area (Å²) in [6.07, 6.45) is 4.67. The number of aromatic nitrogens is 5. The smallest absolute Gasteiger partial charge is 0.269 e. The summed E-state index contributed by atoms with van der Waals surface area (Å²) in [4.78, 5) is 21.8. The zero-order chi connectivity index (χ0) is 20.5. The number of carbonyl (C=O) groups excluding carboxylic acids is 1. The fourth-order valence-electron chi connectivity index (χ4n) is 3.26. The van der Waals surface area contributed by atoms with Crippen molar-refractivity contribution in [2.45, 2.75) is 51.9 Å². The number of carbonyl (C=O) groups is 1. The normalized spacial score (nSPS) is 13.8. The van der Waals surface area contributed by atoms with Gasteiger partial charge in [0, 0.05) is 44.1 Å². The van der Waals surface area contributed by atoms with Crippen LogP contribution < -0.4 is 5.32 Å². The van der Waals surface area contributed by atoms with Gasteiger partial charge in [0.15, 0.2) is 5.76 Å². The molecule has 1 amide bonds. The van der Waals surface area contributed by atoms with E-state index in [1.807, 2.05) is 26.1 Å². The molecule has 1 saturated carbocycles. The number of nitrogens with zero attached hydrogens (tertiary/aromatic N) is 5. The van der Waals surface area contributed by atoms with Crippen molar-refractivity contribution in [2.24, 2.45) is 7.05 Å². The number of hydrogen-bond acceptors (Lipinski definition) is 6. The van der Waals surface area contributed by atoms with Gasteiger partial charge in [-0.3, -0.25) is 9.48 Å². The van der Waals surface area contributed by atoms with Gasteiger partial charge in [0.1, 0.15) is 11.5 Å².